The fourth-order valence-electron chi connectivity index (χ4n) is 2.95. The summed E-state index contributed by atoms with van der Waals surface area (Å²) in [6.07, 6.45) is 5.61. The normalized spacial score (nSPS) is 13.1. The zero-order chi connectivity index (χ0) is 24.6. The van der Waals surface area contributed by atoms with Crippen molar-refractivity contribution in [1.82, 2.24) is 0 Å². The van der Waals surface area contributed by atoms with E-state index in [-0.39, 0.29) is 0 Å². The highest BCUT2D eigenvalue weighted by molar-refractivity contribution is 5.61. The molecular formula is C28H20F6. The number of alkyl halides is 6. The highest BCUT2D eigenvalue weighted by Crippen LogP contribution is 2.30. The highest BCUT2D eigenvalue weighted by atomic mass is 19.4. The summed E-state index contributed by atoms with van der Waals surface area (Å²) in [6.45, 7) is 0. The van der Waals surface area contributed by atoms with Crippen molar-refractivity contribution in [2.45, 2.75) is 12.4 Å². The van der Waals surface area contributed by atoms with Crippen LogP contribution in [0.25, 0.3) is 24.3 Å². The first-order valence-electron chi connectivity index (χ1n) is 10.3. The Balaban J connectivity index is 1.51. The zero-order valence-corrected chi connectivity index (χ0v) is 17.8. The fourth-order valence-corrected chi connectivity index (χ4v) is 2.95. The number of benzene rings is 3. The van der Waals surface area contributed by atoms with Crippen LogP contribution in [0.5, 0.6) is 0 Å². The van der Waals surface area contributed by atoms with Crippen LogP contribution in [-0.2, 0) is 12.4 Å². The molecule has 0 nitrogen and oxygen atoms in total. The van der Waals surface area contributed by atoms with Gasteiger partial charge in [-0.3, -0.25) is 0 Å². The lowest BCUT2D eigenvalue weighted by Gasteiger charge is -2.05. The Bertz CT molecular complexity index is 1080. The van der Waals surface area contributed by atoms with E-state index in [0.717, 1.165) is 35.4 Å². The summed E-state index contributed by atoms with van der Waals surface area (Å²) in [5, 5.41) is 0. The molecule has 34 heavy (non-hydrogen) atoms. The van der Waals surface area contributed by atoms with Gasteiger partial charge in [0.05, 0.1) is 11.1 Å². The lowest BCUT2D eigenvalue weighted by molar-refractivity contribution is -0.138. The van der Waals surface area contributed by atoms with Crippen molar-refractivity contribution in [3.63, 3.8) is 0 Å². The van der Waals surface area contributed by atoms with E-state index >= 15 is 0 Å². The summed E-state index contributed by atoms with van der Waals surface area (Å²) < 4.78 is 75.5. The first-order chi connectivity index (χ1) is 16.1. The maximum atomic E-state index is 12.6. The Kier molecular flexibility index (Phi) is 7.95. The standard InChI is InChI=1S/C28H20F6/c29-27(30,31)25-17-13-23(14-18-25)7-3-1-5-21-9-11-22(12-10-21)6-2-4-8-24-15-19-26(20-16-24)28(32,33)34/h1-20H. The van der Waals surface area contributed by atoms with Crippen LogP contribution in [0, 0.1) is 0 Å². The Morgan fingerprint density at radius 2 is 0.559 bits per heavy atom. The summed E-state index contributed by atoms with van der Waals surface area (Å²) in [7, 11) is 0. The molecule has 0 radical (unpaired) electrons. The third-order valence-electron chi connectivity index (χ3n) is 4.79. The number of hydrogen-bond acceptors (Lipinski definition) is 0. The Labute approximate surface area is 193 Å². The first kappa shape index (κ1) is 24.8. The van der Waals surface area contributed by atoms with Crippen LogP contribution in [0.1, 0.15) is 33.4 Å². The molecule has 0 atom stereocenters. The SMILES string of the molecule is FC(F)(F)c1ccc(C=CC=Cc2ccc(C=CC=Cc3ccc(C(F)(F)F)cc3)cc2)cc1. The molecule has 0 aromatic heterocycles. The zero-order valence-electron chi connectivity index (χ0n) is 17.8. The van der Waals surface area contributed by atoms with Crippen LogP contribution in [-0.4, -0.2) is 0 Å². The van der Waals surface area contributed by atoms with Crippen LogP contribution in [0.4, 0.5) is 26.3 Å². The Morgan fingerprint density at radius 3 is 0.765 bits per heavy atom. The quantitative estimate of drug-likeness (QED) is 0.249. The van der Waals surface area contributed by atoms with Gasteiger partial charge in [-0.25, -0.2) is 0 Å². The van der Waals surface area contributed by atoms with Gasteiger partial charge in [0.25, 0.3) is 0 Å². The van der Waals surface area contributed by atoms with E-state index in [4.69, 9.17) is 0 Å². The van der Waals surface area contributed by atoms with Gasteiger partial charge in [0.1, 0.15) is 0 Å². The van der Waals surface area contributed by atoms with Gasteiger partial charge in [-0.05, 0) is 46.5 Å². The van der Waals surface area contributed by atoms with E-state index in [1.807, 2.05) is 36.4 Å². The van der Waals surface area contributed by atoms with Gasteiger partial charge in [-0.15, -0.1) is 0 Å². The Hall–Kier alpha value is -3.80. The van der Waals surface area contributed by atoms with Crippen LogP contribution >= 0.6 is 0 Å². The summed E-state index contributed by atoms with van der Waals surface area (Å²) in [4.78, 5) is 0. The molecule has 3 rings (SSSR count). The second kappa shape index (κ2) is 10.9. The molecule has 0 unspecified atom stereocenters. The van der Waals surface area contributed by atoms with Crippen LogP contribution in [0.15, 0.2) is 97.1 Å². The molecule has 0 bridgehead atoms. The molecule has 0 saturated carbocycles. The monoisotopic (exact) mass is 470 g/mol. The van der Waals surface area contributed by atoms with Gasteiger partial charge < -0.3 is 0 Å². The van der Waals surface area contributed by atoms with Crippen molar-refractivity contribution in [3.05, 3.63) is 130 Å². The largest absolute Gasteiger partial charge is 0.416 e. The van der Waals surface area contributed by atoms with E-state index in [9.17, 15) is 26.3 Å². The minimum atomic E-state index is -4.34. The lowest BCUT2D eigenvalue weighted by atomic mass is 10.1. The summed E-state index contributed by atoms with van der Waals surface area (Å²) in [5.74, 6) is 0. The predicted molar refractivity (Wildman–Crippen MR) is 125 cm³/mol. The molecule has 0 aliphatic heterocycles. The maximum absolute atomic E-state index is 12.6. The Morgan fingerprint density at radius 1 is 0.353 bits per heavy atom. The van der Waals surface area contributed by atoms with Crippen molar-refractivity contribution >= 4 is 24.3 Å². The minimum Gasteiger partial charge on any atom is -0.166 e. The molecule has 3 aromatic carbocycles. The number of hydrogen-bond donors (Lipinski definition) is 0. The van der Waals surface area contributed by atoms with Crippen molar-refractivity contribution < 1.29 is 26.3 Å². The van der Waals surface area contributed by atoms with Gasteiger partial charge >= 0.3 is 12.4 Å². The highest BCUT2D eigenvalue weighted by Gasteiger charge is 2.30. The molecule has 0 aliphatic rings. The van der Waals surface area contributed by atoms with Gasteiger partial charge in [-0.1, -0.05) is 97.1 Å². The van der Waals surface area contributed by atoms with E-state index in [1.54, 1.807) is 36.5 Å². The molecule has 6 heteroatoms. The molecule has 0 aliphatic carbocycles. The minimum absolute atomic E-state index is 0.669. The molecule has 0 spiro atoms. The molecule has 174 valence electrons. The second-order valence-corrected chi connectivity index (χ2v) is 7.34. The predicted octanol–water partition coefficient (Wildman–Crippen LogP) is 9.18. The summed E-state index contributed by atoms with van der Waals surface area (Å²) >= 11 is 0. The maximum Gasteiger partial charge on any atom is 0.416 e. The third kappa shape index (κ3) is 7.66. The van der Waals surface area contributed by atoms with Gasteiger partial charge in [0, 0.05) is 0 Å². The van der Waals surface area contributed by atoms with Crippen molar-refractivity contribution in [2.24, 2.45) is 0 Å². The summed E-state index contributed by atoms with van der Waals surface area (Å²) in [5.41, 5.74) is 1.89. The van der Waals surface area contributed by atoms with Crippen LogP contribution in [0.2, 0.25) is 0 Å². The molecule has 0 fully saturated rings. The molecule has 0 amide bonds. The second-order valence-electron chi connectivity index (χ2n) is 7.34. The van der Waals surface area contributed by atoms with E-state index in [2.05, 4.69) is 0 Å². The molecule has 3 aromatic rings. The fraction of sp³-hybridized carbons (Fsp3) is 0.0714. The average Bonchev–Trinajstić information content (AvgIpc) is 2.80. The first-order valence-corrected chi connectivity index (χ1v) is 10.3. The van der Waals surface area contributed by atoms with Crippen LogP contribution in [0.3, 0.4) is 0 Å². The number of halogens is 6. The number of allylic oxidation sites excluding steroid dienone is 4. The van der Waals surface area contributed by atoms with Crippen LogP contribution < -0.4 is 0 Å². The topological polar surface area (TPSA) is 0 Å². The number of rotatable bonds is 6. The van der Waals surface area contributed by atoms with Crippen molar-refractivity contribution in [3.8, 4) is 0 Å². The molecule has 0 saturated heterocycles. The van der Waals surface area contributed by atoms with Crippen molar-refractivity contribution in [2.75, 3.05) is 0 Å². The van der Waals surface area contributed by atoms with Crippen molar-refractivity contribution in [1.29, 1.82) is 0 Å². The third-order valence-corrected chi connectivity index (χ3v) is 4.79. The van der Waals surface area contributed by atoms with E-state index in [1.165, 1.54) is 24.3 Å². The van der Waals surface area contributed by atoms with E-state index in [0.29, 0.717) is 11.1 Å². The van der Waals surface area contributed by atoms with Gasteiger partial charge in [0.2, 0.25) is 0 Å². The van der Waals surface area contributed by atoms with Gasteiger partial charge in [0.15, 0.2) is 0 Å². The molecular weight excluding hydrogens is 450 g/mol. The molecule has 0 N–H and O–H groups in total. The molecule has 0 heterocycles. The lowest BCUT2D eigenvalue weighted by Crippen LogP contribution is -2.03. The average molecular weight is 470 g/mol. The van der Waals surface area contributed by atoms with Gasteiger partial charge in [-0.2, -0.15) is 26.3 Å². The smallest absolute Gasteiger partial charge is 0.166 e. The van der Waals surface area contributed by atoms with E-state index < -0.39 is 23.5 Å². The summed E-state index contributed by atoms with van der Waals surface area (Å²) in [6, 6.07) is 17.5.